The number of hydrogen-bond acceptors (Lipinski definition) is 5. The van der Waals surface area contributed by atoms with Crippen molar-refractivity contribution in [2.75, 3.05) is 12.4 Å². The summed E-state index contributed by atoms with van der Waals surface area (Å²) in [6.45, 7) is 0. The van der Waals surface area contributed by atoms with E-state index in [1.807, 2.05) is 30.3 Å². The molecule has 0 fully saturated rings. The molecule has 2 aromatic carbocycles. The van der Waals surface area contributed by atoms with Crippen molar-refractivity contribution in [2.45, 2.75) is 18.5 Å². The van der Waals surface area contributed by atoms with E-state index in [0.29, 0.717) is 17.9 Å². The third-order valence-corrected chi connectivity index (χ3v) is 4.33. The lowest BCUT2D eigenvalue weighted by atomic mass is 9.93. The minimum atomic E-state index is -0.260. The molecule has 0 radical (unpaired) electrons. The minimum absolute atomic E-state index is 0.0148. The van der Waals surface area contributed by atoms with E-state index in [9.17, 15) is 4.39 Å². The van der Waals surface area contributed by atoms with Crippen LogP contribution >= 0.6 is 0 Å². The van der Waals surface area contributed by atoms with Gasteiger partial charge in [-0.15, -0.1) is 0 Å². The monoisotopic (exact) mass is 325 g/mol. The zero-order chi connectivity index (χ0) is 16.5. The quantitative estimate of drug-likeness (QED) is 0.802. The van der Waals surface area contributed by atoms with Crippen molar-refractivity contribution >= 4 is 5.95 Å². The van der Waals surface area contributed by atoms with Crippen molar-refractivity contribution < 1.29 is 9.13 Å². The van der Waals surface area contributed by atoms with Crippen LogP contribution in [0.25, 0.3) is 0 Å². The van der Waals surface area contributed by atoms with Crippen LogP contribution in [0.15, 0.2) is 48.5 Å². The maximum atomic E-state index is 14.3. The first kappa shape index (κ1) is 14.6. The third-order valence-electron chi connectivity index (χ3n) is 4.33. The lowest BCUT2D eigenvalue weighted by molar-refractivity contribution is 0.406. The van der Waals surface area contributed by atoms with Crippen LogP contribution in [0, 0.1) is 5.82 Å². The van der Waals surface area contributed by atoms with Gasteiger partial charge in [0.25, 0.3) is 0 Å². The standard InChI is InChI=1S/C17H16FN5O/c1-24-12-8-6-11(7-9-12)15-10-16(13-4-2-3-5-14(13)18)23-17(19-15)20-21-22-23/h2-9,15-16H,10H2,1H3,(H,19,20,22)/t15-,16-/m0/s1. The molecule has 6 nitrogen and oxygen atoms in total. The van der Waals surface area contributed by atoms with Gasteiger partial charge in [0.15, 0.2) is 0 Å². The highest BCUT2D eigenvalue weighted by Crippen LogP contribution is 2.38. The average molecular weight is 325 g/mol. The molecule has 2 heterocycles. The Kier molecular flexibility index (Phi) is 3.60. The Morgan fingerprint density at radius 2 is 1.96 bits per heavy atom. The molecule has 1 aliphatic heterocycles. The van der Waals surface area contributed by atoms with Crippen LogP contribution in [-0.4, -0.2) is 27.3 Å². The summed E-state index contributed by atoms with van der Waals surface area (Å²) in [5.41, 5.74) is 1.66. The van der Waals surface area contributed by atoms with E-state index in [1.165, 1.54) is 6.07 Å². The van der Waals surface area contributed by atoms with Crippen LogP contribution < -0.4 is 10.1 Å². The summed E-state index contributed by atoms with van der Waals surface area (Å²) in [6, 6.07) is 14.3. The smallest absolute Gasteiger partial charge is 0.243 e. The number of rotatable bonds is 3. The molecule has 3 aromatic rings. The van der Waals surface area contributed by atoms with Gasteiger partial charge in [-0.3, -0.25) is 0 Å². The molecule has 1 N–H and O–H groups in total. The number of anilines is 1. The lowest BCUT2D eigenvalue weighted by Gasteiger charge is -2.31. The summed E-state index contributed by atoms with van der Waals surface area (Å²) in [4.78, 5) is 0. The van der Waals surface area contributed by atoms with Crippen LogP contribution in [0.2, 0.25) is 0 Å². The second-order valence-corrected chi connectivity index (χ2v) is 5.69. The Hall–Kier alpha value is -2.96. The van der Waals surface area contributed by atoms with Gasteiger partial charge in [0.05, 0.1) is 19.2 Å². The maximum absolute atomic E-state index is 14.3. The molecule has 0 aliphatic carbocycles. The predicted molar refractivity (Wildman–Crippen MR) is 86.3 cm³/mol. The molecule has 0 amide bonds. The van der Waals surface area contributed by atoms with E-state index >= 15 is 0 Å². The molecular weight excluding hydrogens is 309 g/mol. The number of aromatic nitrogens is 4. The lowest BCUT2D eigenvalue weighted by Crippen LogP contribution is -2.28. The third kappa shape index (κ3) is 2.47. The first-order chi connectivity index (χ1) is 11.8. The number of nitrogens with one attached hydrogen (secondary N) is 1. The molecule has 7 heteroatoms. The topological polar surface area (TPSA) is 64.9 Å². The van der Waals surface area contributed by atoms with Gasteiger partial charge >= 0.3 is 0 Å². The van der Waals surface area contributed by atoms with Crippen molar-refractivity contribution in [1.29, 1.82) is 0 Å². The van der Waals surface area contributed by atoms with E-state index in [0.717, 1.165) is 11.3 Å². The maximum Gasteiger partial charge on any atom is 0.243 e. The molecule has 0 unspecified atom stereocenters. The number of benzene rings is 2. The van der Waals surface area contributed by atoms with Crippen molar-refractivity contribution in [3.8, 4) is 5.75 Å². The molecule has 4 rings (SSSR count). The number of ether oxygens (including phenoxy) is 1. The Balaban J connectivity index is 1.72. The van der Waals surface area contributed by atoms with Crippen molar-refractivity contribution in [3.05, 3.63) is 65.5 Å². The van der Waals surface area contributed by atoms with Crippen molar-refractivity contribution in [1.82, 2.24) is 20.2 Å². The number of methoxy groups -OCH3 is 1. The molecule has 0 saturated carbocycles. The predicted octanol–water partition coefficient (Wildman–Crippen LogP) is 2.97. The highest BCUT2D eigenvalue weighted by Gasteiger charge is 2.31. The molecule has 1 aliphatic rings. The number of fused-ring (bicyclic) bond motifs is 1. The Bertz CT molecular complexity index is 848. The summed E-state index contributed by atoms with van der Waals surface area (Å²) < 4.78 is 21.1. The highest BCUT2D eigenvalue weighted by molar-refractivity contribution is 5.39. The fourth-order valence-electron chi connectivity index (χ4n) is 3.10. The average Bonchev–Trinajstić information content (AvgIpc) is 3.10. The van der Waals surface area contributed by atoms with Crippen molar-refractivity contribution in [2.24, 2.45) is 0 Å². The van der Waals surface area contributed by atoms with Gasteiger partial charge in [-0.25, -0.2) is 9.07 Å². The molecule has 24 heavy (non-hydrogen) atoms. The van der Waals surface area contributed by atoms with E-state index in [4.69, 9.17) is 4.74 Å². The summed E-state index contributed by atoms with van der Waals surface area (Å²) >= 11 is 0. The van der Waals surface area contributed by atoms with Gasteiger partial charge in [-0.1, -0.05) is 35.4 Å². The summed E-state index contributed by atoms with van der Waals surface area (Å²) in [7, 11) is 1.64. The summed E-state index contributed by atoms with van der Waals surface area (Å²) in [5, 5.41) is 15.1. The van der Waals surface area contributed by atoms with Gasteiger partial charge in [0.2, 0.25) is 5.95 Å². The largest absolute Gasteiger partial charge is 0.497 e. The molecule has 0 saturated heterocycles. The van der Waals surface area contributed by atoms with Gasteiger partial charge < -0.3 is 10.1 Å². The van der Waals surface area contributed by atoms with Crippen LogP contribution in [0.1, 0.15) is 29.6 Å². The summed E-state index contributed by atoms with van der Waals surface area (Å²) in [6.07, 6.45) is 0.644. The molecule has 0 spiro atoms. The molecule has 122 valence electrons. The van der Waals surface area contributed by atoms with E-state index in [1.54, 1.807) is 23.9 Å². The van der Waals surface area contributed by atoms with Gasteiger partial charge in [-0.05, 0) is 40.6 Å². The van der Waals surface area contributed by atoms with E-state index < -0.39 is 0 Å². The van der Waals surface area contributed by atoms with Gasteiger partial charge in [0.1, 0.15) is 11.6 Å². The van der Waals surface area contributed by atoms with E-state index in [-0.39, 0.29) is 17.9 Å². The van der Waals surface area contributed by atoms with Crippen molar-refractivity contribution in [3.63, 3.8) is 0 Å². The summed E-state index contributed by atoms with van der Waals surface area (Å²) in [5.74, 6) is 1.08. The second-order valence-electron chi connectivity index (χ2n) is 5.69. The molecular formula is C17H16FN5O. The molecule has 0 bridgehead atoms. The van der Waals surface area contributed by atoms with Crippen LogP contribution in [0.5, 0.6) is 5.75 Å². The zero-order valence-corrected chi connectivity index (χ0v) is 13.1. The van der Waals surface area contributed by atoms with Gasteiger partial charge in [0, 0.05) is 5.56 Å². The highest BCUT2D eigenvalue weighted by atomic mass is 19.1. The van der Waals surface area contributed by atoms with E-state index in [2.05, 4.69) is 20.8 Å². The van der Waals surface area contributed by atoms with Crippen LogP contribution in [0.3, 0.4) is 0 Å². The Morgan fingerprint density at radius 1 is 1.17 bits per heavy atom. The van der Waals surface area contributed by atoms with Crippen LogP contribution in [0.4, 0.5) is 10.3 Å². The van der Waals surface area contributed by atoms with Crippen LogP contribution in [-0.2, 0) is 0 Å². The fraction of sp³-hybridized carbons (Fsp3) is 0.235. The normalized spacial score (nSPS) is 19.4. The number of hydrogen-bond donors (Lipinski definition) is 1. The fourth-order valence-corrected chi connectivity index (χ4v) is 3.10. The minimum Gasteiger partial charge on any atom is -0.497 e. The molecule has 1 aromatic heterocycles. The Morgan fingerprint density at radius 3 is 2.71 bits per heavy atom. The first-order valence-electron chi connectivity index (χ1n) is 7.69. The SMILES string of the molecule is COc1ccc([C@@H]2C[C@@H](c3ccccc3F)n3nnnc3N2)cc1. The van der Waals surface area contributed by atoms with Gasteiger partial charge in [-0.2, -0.15) is 0 Å². The Labute approximate surface area is 138 Å². The number of halogens is 1. The zero-order valence-electron chi connectivity index (χ0n) is 13.1. The second kappa shape index (κ2) is 5.92. The number of tetrazole rings is 1. The first-order valence-corrected chi connectivity index (χ1v) is 7.69. The number of nitrogens with zero attached hydrogens (tertiary/aromatic N) is 4. The molecule has 2 atom stereocenters.